The number of nitrogens with two attached hydrogens (primary N) is 1. The predicted octanol–water partition coefficient (Wildman–Crippen LogP) is 2.79. The van der Waals surface area contributed by atoms with Gasteiger partial charge in [0.1, 0.15) is 12.4 Å². The molecule has 0 radical (unpaired) electrons. The first-order valence-corrected chi connectivity index (χ1v) is 7.42. The molecule has 1 saturated carbocycles. The monoisotopic (exact) mass is 262 g/mol. The number of para-hydroxylation sites is 1. The topological polar surface area (TPSA) is 38.5 Å². The van der Waals surface area contributed by atoms with Gasteiger partial charge in [0.25, 0.3) is 0 Å². The lowest BCUT2D eigenvalue weighted by Crippen LogP contribution is -2.36. The Labute approximate surface area is 116 Å². The van der Waals surface area contributed by atoms with Gasteiger partial charge in [-0.15, -0.1) is 0 Å². The maximum atomic E-state index is 5.87. The van der Waals surface area contributed by atoms with E-state index >= 15 is 0 Å². The van der Waals surface area contributed by atoms with Crippen molar-refractivity contribution in [3.05, 3.63) is 29.8 Å². The Kier molecular flexibility index (Phi) is 5.67. The molecule has 0 aliphatic heterocycles. The summed E-state index contributed by atoms with van der Waals surface area (Å²) in [5, 5.41) is 0. The third-order valence-electron chi connectivity index (χ3n) is 4.09. The Morgan fingerprint density at radius 1 is 1.21 bits per heavy atom. The maximum absolute atomic E-state index is 5.87. The lowest BCUT2D eigenvalue weighted by Gasteiger charge is -2.31. The van der Waals surface area contributed by atoms with Crippen molar-refractivity contribution in [2.75, 3.05) is 20.2 Å². The van der Waals surface area contributed by atoms with Gasteiger partial charge in [0.15, 0.2) is 0 Å². The van der Waals surface area contributed by atoms with Crippen LogP contribution in [-0.4, -0.2) is 31.1 Å². The quantitative estimate of drug-likeness (QED) is 0.856. The summed E-state index contributed by atoms with van der Waals surface area (Å²) in [6.07, 6.45) is 6.86. The van der Waals surface area contributed by atoms with Gasteiger partial charge in [0.2, 0.25) is 0 Å². The highest BCUT2D eigenvalue weighted by molar-refractivity contribution is 5.32. The minimum atomic E-state index is 0.536. The van der Waals surface area contributed by atoms with Gasteiger partial charge in [0, 0.05) is 24.7 Å². The van der Waals surface area contributed by atoms with Crippen molar-refractivity contribution in [1.82, 2.24) is 4.90 Å². The van der Waals surface area contributed by atoms with Crippen molar-refractivity contribution in [3.63, 3.8) is 0 Å². The molecule has 1 aromatic rings. The molecule has 0 amide bonds. The molecule has 3 nitrogen and oxygen atoms in total. The molecule has 0 heterocycles. The number of hydrogen-bond donors (Lipinski definition) is 1. The summed E-state index contributed by atoms with van der Waals surface area (Å²) in [5.74, 6) is 0.932. The maximum Gasteiger partial charge on any atom is 0.123 e. The lowest BCUT2D eigenvalue weighted by atomic mass is 9.94. The minimum Gasteiger partial charge on any atom is -0.492 e. The highest BCUT2D eigenvalue weighted by atomic mass is 16.5. The highest BCUT2D eigenvalue weighted by Crippen LogP contribution is 2.21. The molecule has 0 saturated heterocycles. The molecular formula is C16H26N2O. The summed E-state index contributed by atoms with van der Waals surface area (Å²) < 4.78 is 5.87. The van der Waals surface area contributed by atoms with Gasteiger partial charge in [-0.25, -0.2) is 0 Å². The number of benzene rings is 1. The van der Waals surface area contributed by atoms with Gasteiger partial charge in [-0.3, -0.25) is 0 Å². The lowest BCUT2D eigenvalue weighted by molar-refractivity contribution is 0.159. The van der Waals surface area contributed by atoms with Crippen molar-refractivity contribution in [2.24, 2.45) is 5.73 Å². The Morgan fingerprint density at radius 3 is 2.68 bits per heavy atom. The minimum absolute atomic E-state index is 0.536. The Morgan fingerprint density at radius 2 is 1.95 bits per heavy atom. The second-order valence-corrected chi connectivity index (χ2v) is 5.43. The Bertz CT molecular complexity index is 375. The van der Waals surface area contributed by atoms with E-state index in [1.807, 2.05) is 24.3 Å². The van der Waals surface area contributed by atoms with Gasteiger partial charge in [-0.2, -0.15) is 0 Å². The number of rotatable bonds is 6. The summed E-state index contributed by atoms with van der Waals surface area (Å²) in [6, 6.07) is 8.79. The summed E-state index contributed by atoms with van der Waals surface area (Å²) >= 11 is 0. The first-order chi connectivity index (χ1) is 9.31. The first-order valence-electron chi connectivity index (χ1n) is 7.42. The molecular weight excluding hydrogens is 236 g/mol. The number of ether oxygens (including phenoxy) is 1. The van der Waals surface area contributed by atoms with Crippen LogP contribution in [0.4, 0.5) is 0 Å². The fourth-order valence-electron chi connectivity index (χ4n) is 2.82. The van der Waals surface area contributed by atoms with Crippen molar-refractivity contribution >= 4 is 0 Å². The molecule has 0 unspecified atom stereocenters. The number of nitrogens with zero attached hydrogens (tertiary/aromatic N) is 1. The molecule has 19 heavy (non-hydrogen) atoms. The molecule has 1 fully saturated rings. The van der Waals surface area contributed by atoms with E-state index in [2.05, 4.69) is 11.9 Å². The van der Waals surface area contributed by atoms with Gasteiger partial charge < -0.3 is 15.4 Å². The van der Waals surface area contributed by atoms with E-state index in [4.69, 9.17) is 10.5 Å². The number of likely N-dealkylation sites (N-methyl/N-ethyl adjacent to an activating group) is 1. The second kappa shape index (κ2) is 7.51. The summed E-state index contributed by atoms with van der Waals surface area (Å²) in [6.45, 7) is 2.27. The molecule has 0 bridgehead atoms. The van der Waals surface area contributed by atoms with Crippen LogP contribution in [0.5, 0.6) is 5.75 Å². The van der Waals surface area contributed by atoms with E-state index in [0.29, 0.717) is 6.54 Å². The average Bonchev–Trinajstić information content (AvgIpc) is 2.48. The molecule has 106 valence electrons. The van der Waals surface area contributed by atoms with Crippen LogP contribution in [0.3, 0.4) is 0 Å². The standard InChI is InChI=1S/C16H26N2O/c1-18(15-8-3-2-4-9-15)11-12-19-16-10-6-5-7-14(16)13-17/h5-7,10,15H,2-4,8-9,11-13,17H2,1H3. The number of hydrogen-bond acceptors (Lipinski definition) is 3. The van der Waals surface area contributed by atoms with E-state index in [1.165, 1.54) is 32.1 Å². The van der Waals surface area contributed by atoms with Crippen molar-refractivity contribution in [2.45, 2.75) is 44.7 Å². The first kappa shape index (κ1) is 14.4. The SMILES string of the molecule is CN(CCOc1ccccc1CN)C1CCCCC1. The molecule has 0 atom stereocenters. The van der Waals surface area contributed by atoms with Gasteiger partial charge in [-0.1, -0.05) is 37.5 Å². The van der Waals surface area contributed by atoms with Crippen LogP contribution in [0.2, 0.25) is 0 Å². The highest BCUT2D eigenvalue weighted by Gasteiger charge is 2.17. The van der Waals surface area contributed by atoms with Crippen LogP contribution in [0.1, 0.15) is 37.7 Å². The molecule has 1 aromatic carbocycles. The van der Waals surface area contributed by atoms with Crippen LogP contribution in [0, 0.1) is 0 Å². The third kappa shape index (κ3) is 4.22. The molecule has 0 spiro atoms. The fraction of sp³-hybridized carbons (Fsp3) is 0.625. The summed E-state index contributed by atoms with van der Waals surface area (Å²) in [7, 11) is 2.22. The zero-order chi connectivity index (χ0) is 13.5. The zero-order valence-electron chi connectivity index (χ0n) is 12.0. The predicted molar refractivity (Wildman–Crippen MR) is 79.3 cm³/mol. The second-order valence-electron chi connectivity index (χ2n) is 5.43. The van der Waals surface area contributed by atoms with Crippen LogP contribution in [0.15, 0.2) is 24.3 Å². The van der Waals surface area contributed by atoms with Gasteiger partial charge in [0.05, 0.1) is 0 Å². The van der Waals surface area contributed by atoms with E-state index < -0.39 is 0 Å². The van der Waals surface area contributed by atoms with E-state index in [9.17, 15) is 0 Å². The Hall–Kier alpha value is -1.06. The molecule has 2 N–H and O–H groups in total. The smallest absolute Gasteiger partial charge is 0.123 e. The molecule has 1 aliphatic rings. The van der Waals surface area contributed by atoms with Crippen molar-refractivity contribution < 1.29 is 4.74 Å². The van der Waals surface area contributed by atoms with Crippen molar-refractivity contribution in [1.29, 1.82) is 0 Å². The molecule has 1 aliphatic carbocycles. The van der Waals surface area contributed by atoms with Gasteiger partial charge >= 0.3 is 0 Å². The molecule has 0 aromatic heterocycles. The largest absolute Gasteiger partial charge is 0.492 e. The van der Waals surface area contributed by atoms with Crippen molar-refractivity contribution in [3.8, 4) is 5.75 Å². The van der Waals surface area contributed by atoms with Gasteiger partial charge in [-0.05, 0) is 26.0 Å². The van der Waals surface area contributed by atoms with E-state index in [0.717, 1.165) is 30.5 Å². The third-order valence-corrected chi connectivity index (χ3v) is 4.09. The average molecular weight is 262 g/mol. The molecule has 2 rings (SSSR count). The zero-order valence-corrected chi connectivity index (χ0v) is 12.0. The Balaban J connectivity index is 1.76. The normalized spacial score (nSPS) is 16.8. The van der Waals surface area contributed by atoms with E-state index in [-0.39, 0.29) is 0 Å². The summed E-state index contributed by atoms with van der Waals surface area (Å²) in [4.78, 5) is 2.45. The summed E-state index contributed by atoms with van der Waals surface area (Å²) in [5.41, 5.74) is 6.79. The van der Waals surface area contributed by atoms with Crippen LogP contribution in [0.25, 0.3) is 0 Å². The van der Waals surface area contributed by atoms with Crippen LogP contribution in [-0.2, 0) is 6.54 Å². The molecule has 3 heteroatoms. The van der Waals surface area contributed by atoms with E-state index in [1.54, 1.807) is 0 Å². The van der Waals surface area contributed by atoms with Crippen LogP contribution >= 0.6 is 0 Å². The van der Waals surface area contributed by atoms with Crippen LogP contribution < -0.4 is 10.5 Å². The fourth-order valence-corrected chi connectivity index (χ4v) is 2.82.